The smallest absolute Gasteiger partial charge is 0.268 e. The fraction of sp³-hybridized carbons (Fsp3) is 0.176. The molecule has 0 spiro atoms. The average Bonchev–Trinajstić information content (AvgIpc) is 3.18. The molecule has 0 aliphatic rings. The van der Waals surface area contributed by atoms with Gasteiger partial charge in [0.1, 0.15) is 9.77 Å². The van der Waals surface area contributed by atoms with Crippen LogP contribution in [-0.2, 0) is 16.4 Å². The first kappa shape index (κ1) is 18.7. The lowest BCUT2D eigenvalue weighted by Gasteiger charge is -2.02. The first-order valence-corrected chi connectivity index (χ1v) is 11.0. The molecule has 1 aromatic carbocycles. The molecule has 3 rings (SSSR count). The Balaban J connectivity index is 1.93. The summed E-state index contributed by atoms with van der Waals surface area (Å²) >= 11 is 2.47. The molecule has 9 heteroatoms. The van der Waals surface area contributed by atoms with E-state index in [1.165, 1.54) is 17.4 Å². The number of hydrogen-bond acceptors (Lipinski definition) is 6. The van der Waals surface area contributed by atoms with Crippen LogP contribution in [0.2, 0.25) is 0 Å². The normalized spacial score (nSPS) is 11.5. The topological polar surface area (TPSA) is 102 Å². The van der Waals surface area contributed by atoms with Crippen LogP contribution in [0.15, 0.2) is 41.3 Å². The molecule has 6 nitrogen and oxygen atoms in total. The zero-order valence-corrected chi connectivity index (χ0v) is 16.6. The minimum atomic E-state index is -3.97. The Morgan fingerprint density at radius 2 is 1.92 bits per heavy atom. The first-order valence-electron chi connectivity index (χ1n) is 7.79. The summed E-state index contributed by atoms with van der Waals surface area (Å²) in [6, 6.07) is 11.1. The number of anilines is 1. The van der Waals surface area contributed by atoms with E-state index in [0.717, 1.165) is 33.9 Å². The molecule has 0 saturated carbocycles. The van der Waals surface area contributed by atoms with E-state index in [1.54, 1.807) is 6.92 Å². The van der Waals surface area contributed by atoms with Gasteiger partial charge < -0.3 is 0 Å². The van der Waals surface area contributed by atoms with Gasteiger partial charge in [-0.05, 0) is 19.4 Å². The van der Waals surface area contributed by atoms with Gasteiger partial charge in [0.15, 0.2) is 5.13 Å². The number of hydrogen-bond donors (Lipinski definition) is 2. The molecule has 3 aromatic rings. The van der Waals surface area contributed by atoms with Crippen molar-refractivity contribution in [2.45, 2.75) is 25.2 Å². The Morgan fingerprint density at radius 1 is 1.23 bits per heavy atom. The number of primary sulfonamides is 1. The van der Waals surface area contributed by atoms with Crippen molar-refractivity contribution in [2.24, 2.45) is 5.14 Å². The Bertz CT molecular complexity index is 1050. The van der Waals surface area contributed by atoms with Crippen LogP contribution in [0.4, 0.5) is 5.13 Å². The van der Waals surface area contributed by atoms with Gasteiger partial charge in [0, 0.05) is 15.3 Å². The zero-order chi connectivity index (χ0) is 18.9. The number of nitrogens with one attached hydrogen (secondary N) is 1. The van der Waals surface area contributed by atoms with Crippen LogP contribution in [-0.4, -0.2) is 19.3 Å². The van der Waals surface area contributed by atoms with Crippen LogP contribution in [0.5, 0.6) is 0 Å². The van der Waals surface area contributed by atoms with E-state index < -0.39 is 15.9 Å². The minimum absolute atomic E-state index is 0.0690. The van der Waals surface area contributed by atoms with Crippen molar-refractivity contribution in [3.63, 3.8) is 0 Å². The van der Waals surface area contributed by atoms with E-state index in [2.05, 4.69) is 10.3 Å². The fourth-order valence-electron chi connectivity index (χ4n) is 2.48. The van der Waals surface area contributed by atoms with Crippen LogP contribution in [0, 0.1) is 6.92 Å². The van der Waals surface area contributed by atoms with Gasteiger partial charge in [-0.3, -0.25) is 10.1 Å². The molecule has 0 aliphatic heterocycles. The largest absolute Gasteiger partial charge is 0.297 e. The summed E-state index contributed by atoms with van der Waals surface area (Å²) in [6.45, 7) is 3.75. The maximum absolute atomic E-state index is 12.6. The second-order valence-corrected chi connectivity index (χ2v) is 9.43. The van der Waals surface area contributed by atoms with Gasteiger partial charge >= 0.3 is 0 Å². The van der Waals surface area contributed by atoms with E-state index in [9.17, 15) is 13.2 Å². The number of benzene rings is 1. The SMILES string of the molecule is CCc1sc(NC(=O)c2sc(C)cc2S(N)(=O)=O)nc1-c1ccccc1. The molecule has 3 N–H and O–H groups in total. The lowest BCUT2D eigenvalue weighted by atomic mass is 10.1. The van der Waals surface area contributed by atoms with Gasteiger partial charge in [-0.25, -0.2) is 18.5 Å². The molecule has 0 unspecified atom stereocenters. The molecule has 0 fully saturated rings. The molecule has 0 bridgehead atoms. The van der Waals surface area contributed by atoms with Gasteiger partial charge in [-0.2, -0.15) is 0 Å². The van der Waals surface area contributed by atoms with Crippen molar-refractivity contribution < 1.29 is 13.2 Å². The number of carbonyl (C=O) groups is 1. The van der Waals surface area contributed by atoms with Crippen LogP contribution in [0.3, 0.4) is 0 Å². The van der Waals surface area contributed by atoms with Crippen LogP contribution in [0.1, 0.15) is 26.3 Å². The predicted molar refractivity (Wildman–Crippen MR) is 105 cm³/mol. The van der Waals surface area contributed by atoms with Crippen LogP contribution >= 0.6 is 22.7 Å². The number of aromatic nitrogens is 1. The third-order valence-electron chi connectivity index (χ3n) is 3.62. The monoisotopic (exact) mass is 407 g/mol. The average molecular weight is 408 g/mol. The lowest BCUT2D eigenvalue weighted by molar-refractivity contribution is 0.102. The number of carbonyl (C=O) groups excluding carboxylic acids is 1. The second kappa shape index (κ2) is 7.28. The molecule has 2 aromatic heterocycles. The van der Waals surface area contributed by atoms with Gasteiger partial charge in [0.2, 0.25) is 10.0 Å². The summed E-state index contributed by atoms with van der Waals surface area (Å²) < 4.78 is 23.4. The number of nitrogens with zero attached hydrogens (tertiary/aromatic N) is 1. The molecule has 0 radical (unpaired) electrons. The standard InChI is InChI=1S/C17H17N3O3S3/c1-3-12-14(11-7-5-4-6-8-11)19-17(25-12)20-16(21)15-13(26(18,22)23)9-10(2)24-15/h4-9H,3H2,1-2H3,(H2,18,22,23)(H,19,20,21). The number of amides is 1. The van der Waals surface area contributed by atoms with Crippen molar-refractivity contribution in [2.75, 3.05) is 5.32 Å². The zero-order valence-electron chi connectivity index (χ0n) is 14.1. The highest BCUT2D eigenvalue weighted by Crippen LogP contribution is 2.32. The third kappa shape index (κ3) is 3.85. The highest BCUT2D eigenvalue weighted by molar-refractivity contribution is 7.89. The van der Waals surface area contributed by atoms with E-state index >= 15 is 0 Å². The second-order valence-electron chi connectivity index (χ2n) is 5.56. The summed E-state index contributed by atoms with van der Waals surface area (Å²) in [6.07, 6.45) is 0.776. The molecule has 0 aliphatic carbocycles. The maximum Gasteiger partial charge on any atom is 0.268 e. The van der Waals surface area contributed by atoms with E-state index in [-0.39, 0.29) is 9.77 Å². The summed E-state index contributed by atoms with van der Waals surface area (Å²) in [5, 5.41) is 8.35. The molecule has 136 valence electrons. The first-order chi connectivity index (χ1) is 12.3. The Morgan fingerprint density at radius 3 is 2.54 bits per heavy atom. The van der Waals surface area contributed by atoms with Crippen molar-refractivity contribution in [3.05, 3.63) is 51.0 Å². The summed E-state index contributed by atoms with van der Waals surface area (Å²) in [4.78, 5) is 18.8. The summed E-state index contributed by atoms with van der Waals surface area (Å²) in [5.41, 5.74) is 1.79. The third-order valence-corrected chi connectivity index (χ3v) is 6.85. The molecular formula is C17H17N3O3S3. The fourth-order valence-corrected chi connectivity index (χ4v) is 5.44. The molecule has 26 heavy (non-hydrogen) atoms. The highest BCUT2D eigenvalue weighted by atomic mass is 32.2. The molecular weight excluding hydrogens is 390 g/mol. The summed E-state index contributed by atoms with van der Waals surface area (Å²) in [5.74, 6) is -0.525. The maximum atomic E-state index is 12.6. The minimum Gasteiger partial charge on any atom is -0.297 e. The molecule has 2 heterocycles. The Labute approximate surface area is 159 Å². The quantitative estimate of drug-likeness (QED) is 0.674. The van der Waals surface area contributed by atoms with Crippen molar-refractivity contribution in [1.29, 1.82) is 0 Å². The Hall–Kier alpha value is -2.07. The van der Waals surface area contributed by atoms with Gasteiger partial charge in [0.05, 0.1) is 5.69 Å². The number of nitrogens with two attached hydrogens (primary N) is 1. The molecule has 1 amide bonds. The number of thiazole rings is 1. The highest BCUT2D eigenvalue weighted by Gasteiger charge is 2.24. The number of sulfonamides is 1. The van der Waals surface area contributed by atoms with E-state index in [1.807, 2.05) is 37.3 Å². The van der Waals surface area contributed by atoms with E-state index in [0.29, 0.717) is 10.0 Å². The van der Waals surface area contributed by atoms with Gasteiger partial charge in [0.25, 0.3) is 5.91 Å². The van der Waals surface area contributed by atoms with Gasteiger partial charge in [-0.1, -0.05) is 37.3 Å². The van der Waals surface area contributed by atoms with Crippen LogP contribution < -0.4 is 10.5 Å². The van der Waals surface area contributed by atoms with Gasteiger partial charge in [-0.15, -0.1) is 22.7 Å². The predicted octanol–water partition coefficient (Wildman–Crippen LogP) is 3.64. The van der Waals surface area contributed by atoms with Crippen molar-refractivity contribution >= 4 is 43.7 Å². The van der Waals surface area contributed by atoms with E-state index in [4.69, 9.17) is 5.14 Å². The summed E-state index contributed by atoms with van der Waals surface area (Å²) in [7, 11) is -3.97. The lowest BCUT2D eigenvalue weighted by Crippen LogP contribution is -2.18. The molecule has 0 atom stereocenters. The molecule has 0 saturated heterocycles. The van der Waals surface area contributed by atoms with Crippen molar-refractivity contribution in [3.8, 4) is 11.3 Å². The number of thiophene rings is 1. The van der Waals surface area contributed by atoms with Crippen LogP contribution in [0.25, 0.3) is 11.3 Å². The number of rotatable bonds is 5. The Kier molecular flexibility index (Phi) is 5.24. The number of aryl methyl sites for hydroxylation is 2. The van der Waals surface area contributed by atoms with Crippen molar-refractivity contribution in [1.82, 2.24) is 4.98 Å².